The largest absolute Gasteiger partial charge is 0.494 e. The van der Waals surface area contributed by atoms with Crippen LogP contribution in [0.5, 0.6) is 5.75 Å². The Kier molecular flexibility index (Phi) is 4.72. The Morgan fingerprint density at radius 2 is 2.05 bits per heavy atom. The monoisotopic (exact) mass is 322 g/mol. The van der Waals surface area contributed by atoms with Gasteiger partial charge in [0.15, 0.2) is 0 Å². The smallest absolute Gasteiger partial charge is 0.301 e. The number of nitrogens with one attached hydrogen (secondary N) is 1. The molecule has 0 aliphatic carbocycles. The minimum atomic E-state index is -3.76. The van der Waals surface area contributed by atoms with E-state index >= 15 is 0 Å². The van der Waals surface area contributed by atoms with Gasteiger partial charge in [0.2, 0.25) is 0 Å². The molecule has 0 unspecified atom stereocenters. The Morgan fingerprint density at radius 1 is 1.40 bits per heavy atom. The third kappa shape index (κ3) is 3.34. The highest BCUT2D eigenvalue weighted by atomic mass is 35.5. The maximum absolute atomic E-state index is 13.1. The van der Waals surface area contributed by atoms with Gasteiger partial charge in [0, 0.05) is 13.1 Å². The molecule has 1 aromatic carbocycles. The normalized spacial score (nSPS) is 17.9. The predicted molar refractivity (Wildman–Crippen MR) is 76.2 cm³/mol. The summed E-state index contributed by atoms with van der Waals surface area (Å²) < 4.78 is 46.3. The lowest BCUT2D eigenvalue weighted by Gasteiger charge is -2.28. The number of halogens is 2. The molecule has 2 rings (SSSR count). The molecule has 0 spiro atoms. The summed E-state index contributed by atoms with van der Waals surface area (Å²) in [6.07, 6.45) is -0.516. The number of hydrogen-bond donors (Lipinski definition) is 1. The van der Waals surface area contributed by atoms with E-state index in [9.17, 15) is 12.8 Å². The van der Waals surface area contributed by atoms with Crippen molar-refractivity contribution in [1.29, 1.82) is 0 Å². The van der Waals surface area contributed by atoms with Crippen molar-refractivity contribution in [3.8, 4) is 5.75 Å². The van der Waals surface area contributed by atoms with Gasteiger partial charge in [-0.1, -0.05) is 17.7 Å². The van der Waals surface area contributed by atoms with Crippen LogP contribution in [0.25, 0.3) is 0 Å². The van der Waals surface area contributed by atoms with Gasteiger partial charge in [0.05, 0.1) is 12.1 Å². The molecule has 5 nitrogen and oxygen atoms in total. The van der Waals surface area contributed by atoms with Gasteiger partial charge in [0.25, 0.3) is 0 Å². The maximum atomic E-state index is 13.1. The van der Waals surface area contributed by atoms with Crippen molar-refractivity contribution in [2.45, 2.75) is 19.0 Å². The summed E-state index contributed by atoms with van der Waals surface area (Å²) in [6.45, 7) is 0.312. The lowest BCUT2D eigenvalue weighted by molar-refractivity contribution is 0.211. The Morgan fingerprint density at radius 3 is 2.65 bits per heavy atom. The minimum Gasteiger partial charge on any atom is -0.494 e. The van der Waals surface area contributed by atoms with Crippen LogP contribution < -0.4 is 9.46 Å². The first kappa shape index (κ1) is 15.3. The van der Waals surface area contributed by atoms with E-state index in [1.165, 1.54) is 11.4 Å². The van der Waals surface area contributed by atoms with E-state index in [0.717, 1.165) is 0 Å². The molecule has 0 amide bonds. The number of anilines is 1. The topological polar surface area (TPSA) is 58.6 Å². The molecule has 0 radical (unpaired) electrons. The number of piperidine rings is 1. The van der Waals surface area contributed by atoms with Crippen LogP contribution in [0.3, 0.4) is 0 Å². The Hall–Kier alpha value is -1.05. The summed E-state index contributed by atoms with van der Waals surface area (Å²) in [5.41, 5.74) is 0.194. The Bertz CT molecular complexity index is 574. The van der Waals surface area contributed by atoms with E-state index in [2.05, 4.69) is 4.72 Å². The highest BCUT2D eigenvalue weighted by Crippen LogP contribution is 2.33. The lowest BCUT2D eigenvalue weighted by Crippen LogP contribution is -2.42. The van der Waals surface area contributed by atoms with Crippen molar-refractivity contribution in [3.05, 3.63) is 23.2 Å². The number of benzene rings is 1. The molecule has 8 heteroatoms. The molecule has 20 heavy (non-hydrogen) atoms. The Labute approximate surface area is 122 Å². The van der Waals surface area contributed by atoms with E-state index < -0.39 is 16.4 Å². The van der Waals surface area contributed by atoms with Crippen molar-refractivity contribution in [2.24, 2.45) is 0 Å². The third-order valence-corrected chi connectivity index (χ3v) is 4.97. The predicted octanol–water partition coefficient (Wildman–Crippen LogP) is 2.44. The second kappa shape index (κ2) is 6.15. The molecular weight excluding hydrogens is 307 g/mol. The van der Waals surface area contributed by atoms with Crippen LogP contribution in [0.2, 0.25) is 5.02 Å². The summed E-state index contributed by atoms with van der Waals surface area (Å²) in [4.78, 5) is 0. The van der Waals surface area contributed by atoms with Crippen LogP contribution >= 0.6 is 11.6 Å². The first-order valence-corrected chi connectivity index (χ1v) is 8.00. The third-order valence-electron chi connectivity index (χ3n) is 3.15. The zero-order chi connectivity index (χ0) is 14.8. The second-order valence-electron chi connectivity index (χ2n) is 4.50. The molecular formula is C12H16ClFN2O3S. The van der Waals surface area contributed by atoms with Gasteiger partial charge in [-0.15, -0.1) is 0 Å². The van der Waals surface area contributed by atoms with Crippen LogP contribution in [0.4, 0.5) is 10.1 Å². The Balaban J connectivity index is 2.20. The molecule has 1 aliphatic rings. The molecule has 1 aliphatic heterocycles. The zero-order valence-electron chi connectivity index (χ0n) is 11.0. The fourth-order valence-corrected chi connectivity index (χ4v) is 3.59. The molecule has 0 aromatic heterocycles. The van der Waals surface area contributed by atoms with Crippen LogP contribution in [0.1, 0.15) is 12.8 Å². The van der Waals surface area contributed by atoms with Gasteiger partial charge in [-0.3, -0.25) is 4.72 Å². The van der Waals surface area contributed by atoms with Crippen LogP contribution in [0, 0.1) is 0 Å². The summed E-state index contributed by atoms with van der Waals surface area (Å²) in [5.74, 6) is 0.335. The summed E-state index contributed by atoms with van der Waals surface area (Å²) in [5, 5.41) is 0.244. The average Bonchev–Trinajstić information content (AvgIpc) is 2.41. The van der Waals surface area contributed by atoms with Gasteiger partial charge in [-0.05, 0) is 25.0 Å². The number of nitrogens with zero attached hydrogens (tertiary/aromatic N) is 1. The highest BCUT2D eigenvalue weighted by molar-refractivity contribution is 7.90. The number of rotatable bonds is 4. The molecule has 1 fully saturated rings. The van der Waals surface area contributed by atoms with Crippen molar-refractivity contribution in [3.63, 3.8) is 0 Å². The number of para-hydroxylation sites is 1. The first-order chi connectivity index (χ1) is 9.44. The molecule has 112 valence electrons. The number of ether oxygens (including phenoxy) is 1. The number of alkyl halides is 1. The van der Waals surface area contributed by atoms with Crippen molar-refractivity contribution in [1.82, 2.24) is 4.31 Å². The summed E-state index contributed by atoms with van der Waals surface area (Å²) in [7, 11) is -2.33. The summed E-state index contributed by atoms with van der Waals surface area (Å²) >= 11 is 5.99. The van der Waals surface area contributed by atoms with Gasteiger partial charge < -0.3 is 4.74 Å². The minimum absolute atomic E-state index is 0.156. The fraction of sp³-hybridized carbons (Fsp3) is 0.500. The quantitative estimate of drug-likeness (QED) is 0.926. The number of hydrogen-bond acceptors (Lipinski definition) is 3. The highest BCUT2D eigenvalue weighted by Gasteiger charge is 2.29. The van der Waals surface area contributed by atoms with E-state index in [0.29, 0.717) is 5.75 Å². The van der Waals surface area contributed by atoms with Crippen molar-refractivity contribution < 1.29 is 17.5 Å². The van der Waals surface area contributed by atoms with Crippen LogP contribution in [0.15, 0.2) is 18.2 Å². The molecule has 1 aromatic rings. The van der Waals surface area contributed by atoms with E-state index in [1.54, 1.807) is 18.2 Å². The second-order valence-corrected chi connectivity index (χ2v) is 6.58. The van der Waals surface area contributed by atoms with Gasteiger partial charge >= 0.3 is 10.2 Å². The lowest BCUT2D eigenvalue weighted by atomic mass is 10.1. The van der Waals surface area contributed by atoms with E-state index in [-0.39, 0.29) is 36.6 Å². The molecule has 1 N–H and O–H groups in total. The molecule has 0 atom stereocenters. The van der Waals surface area contributed by atoms with Gasteiger partial charge in [0.1, 0.15) is 17.6 Å². The number of methoxy groups -OCH3 is 1. The van der Waals surface area contributed by atoms with Crippen molar-refractivity contribution in [2.75, 3.05) is 24.9 Å². The molecule has 0 saturated carbocycles. The standard InChI is InChI=1S/C12H16ClFN2O3S/c1-19-11-4-2-3-10(13)12(11)15-20(17,18)16-7-5-9(14)6-8-16/h2-4,9,15H,5-8H2,1H3. The first-order valence-electron chi connectivity index (χ1n) is 6.18. The van der Waals surface area contributed by atoms with Crippen LogP contribution in [-0.4, -0.2) is 39.1 Å². The molecule has 0 bridgehead atoms. The van der Waals surface area contributed by atoms with Crippen molar-refractivity contribution >= 4 is 27.5 Å². The van der Waals surface area contributed by atoms with Gasteiger partial charge in [-0.2, -0.15) is 12.7 Å². The van der Waals surface area contributed by atoms with E-state index in [4.69, 9.17) is 16.3 Å². The maximum Gasteiger partial charge on any atom is 0.301 e. The summed E-state index contributed by atoms with van der Waals surface area (Å²) in [6, 6.07) is 4.83. The fourth-order valence-electron chi connectivity index (χ4n) is 2.03. The SMILES string of the molecule is COc1cccc(Cl)c1NS(=O)(=O)N1CCC(F)CC1. The van der Waals surface area contributed by atoms with Gasteiger partial charge in [-0.25, -0.2) is 4.39 Å². The zero-order valence-corrected chi connectivity index (χ0v) is 12.5. The molecule has 1 saturated heterocycles. The molecule has 1 heterocycles. The van der Waals surface area contributed by atoms with Crippen LogP contribution in [-0.2, 0) is 10.2 Å². The average molecular weight is 323 g/mol. The van der Waals surface area contributed by atoms with E-state index in [1.807, 2.05) is 0 Å².